The van der Waals surface area contributed by atoms with Crippen molar-refractivity contribution in [3.8, 4) is 0 Å². The number of carbonyl (C=O) groups is 3. The van der Waals surface area contributed by atoms with Gasteiger partial charge in [-0.25, -0.2) is 14.4 Å². The number of carbonyl (C=O) groups excluding carboxylic acids is 3. The van der Waals surface area contributed by atoms with E-state index < -0.39 is 45.3 Å². The van der Waals surface area contributed by atoms with Gasteiger partial charge in [-0.15, -0.1) is 0 Å². The SMILES string of the molecule is Cc1ccc(S(C)(C)C2=NC(=O)C(=O)N2c2cc(F)c3c(c2)C(=O)N(c2ncccn2)C3)cc1C(F)(F)F. The smallest absolute Gasteiger partial charge is 0.272 e. The third-order valence-corrected chi connectivity index (χ3v) is 8.98. The van der Waals surface area contributed by atoms with Gasteiger partial charge in [-0.2, -0.15) is 28.2 Å². The van der Waals surface area contributed by atoms with Crippen molar-refractivity contribution in [3.63, 3.8) is 0 Å². The molecule has 1 aromatic heterocycles. The van der Waals surface area contributed by atoms with Crippen LogP contribution >= 0.6 is 10.0 Å². The van der Waals surface area contributed by atoms with Gasteiger partial charge in [-0.3, -0.25) is 24.2 Å². The van der Waals surface area contributed by atoms with Crippen molar-refractivity contribution >= 4 is 44.6 Å². The monoisotopic (exact) mass is 545 g/mol. The van der Waals surface area contributed by atoms with E-state index in [9.17, 15) is 27.6 Å². The number of rotatable bonds is 3. The number of anilines is 2. The standard InChI is InChI=1S/C25H19F4N5O3S/c1-13-5-6-15(11-18(13)25(27,28)29)38(2,3)24-32-20(35)22(37)34(24)14-9-16-17(19(26)10-14)12-33(21(16)36)23-30-7-4-8-31-23/h4-11H,12H2,1-3H3. The lowest BCUT2D eigenvalue weighted by Gasteiger charge is -2.36. The summed E-state index contributed by atoms with van der Waals surface area (Å²) in [6.07, 6.45) is 1.41. The van der Waals surface area contributed by atoms with E-state index in [2.05, 4.69) is 15.0 Å². The second-order valence-corrected chi connectivity index (χ2v) is 12.5. The summed E-state index contributed by atoms with van der Waals surface area (Å²) in [5.74, 6) is -3.59. The molecular formula is C25H19F4N5O3S. The summed E-state index contributed by atoms with van der Waals surface area (Å²) in [6, 6.07) is 7.59. The van der Waals surface area contributed by atoms with Crippen molar-refractivity contribution in [2.75, 3.05) is 22.3 Å². The Morgan fingerprint density at radius 2 is 1.66 bits per heavy atom. The maximum absolute atomic E-state index is 15.3. The van der Waals surface area contributed by atoms with Gasteiger partial charge < -0.3 is 0 Å². The Morgan fingerprint density at radius 3 is 2.32 bits per heavy atom. The van der Waals surface area contributed by atoms with Crippen molar-refractivity contribution in [2.24, 2.45) is 4.99 Å². The molecule has 0 atom stereocenters. The van der Waals surface area contributed by atoms with Gasteiger partial charge in [0.2, 0.25) is 5.95 Å². The van der Waals surface area contributed by atoms with E-state index in [1.165, 1.54) is 42.4 Å². The maximum atomic E-state index is 15.3. The average Bonchev–Trinajstić information content (AvgIpc) is 3.36. The van der Waals surface area contributed by atoms with Gasteiger partial charge in [0.05, 0.1) is 23.4 Å². The lowest BCUT2D eigenvalue weighted by Crippen LogP contribution is -2.36. The number of aromatic nitrogens is 2. The molecule has 0 unspecified atom stereocenters. The molecule has 38 heavy (non-hydrogen) atoms. The average molecular weight is 546 g/mol. The molecule has 3 aromatic rings. The van der Waals surface area contributed by atoms with Gasteiger partial charge >= 0.3 is 18.0 Å². The number of nitrogens with zero attached hydrogens (tertiary/aromatic N) is 5. The zero-order valence-corrected chi connectivity index (χ0v) is 21.0. The molecule has 2 aliphatic heterocycles. The van der Waals surface area contributed by atoms with Crippen molar-refractivity contribution in [3.05, 3.63) is 76.9 Å². The first-order valence-electron chi connectivity index (χ1n) is 11.1. The van der Waals surface area contributed by atoms with Crippen LogP contribution in [0.25, 0.3) is 0 Å². The van der Waals surface area contributed by atoms with E-state index in [0.717, 1.165) is 17.0 Å². The largest absolute Gasteiger partial charge is 0.416 e. The van der Waals surface area contributed by atoms with E-state index in [0.29, 0.717) is 0 Å². The van der Waals surface area contributed by atoms with Gasteiger partial charge in [0.15, 0.2) is 5.17 Å². The fraction of sp³-hybridized carbons (Fsp3) is 0.200. The van der Waals surface area contributed by atoms with Gasteiger partial charge in [-0.1, -0.05) is 6.07 Å². The van der Waals surface area contributed by atoms with Crippen LogP contribution in [0.2, 0.25) is 0 Å². The number of hydrogen-bond acceptors (Lipinski definition) is 5. The van der Waals surface area contributed by atoms with Crippen LogP contribution in [0.4, 0.5) is 29.2 Å². The minimum atomic E-state index is -4.61. The third-order valence-electron chi connectivity index (χ3n) is 6.36. The number of hydrogen-bond donors (Lipinski definition) is 0. The van der Waals surface area contributed by atoms with Crippen LogP contribution in [-0.2, 0) is 22.3 Å². The third kappa shape index (κ3) is 4.02. The highest BCUT2D eigenvalue weighted by molar-refractivity contribution is 8.44. The predicted octanol–water partition coefficient (Wildman–Crippen LogP) is 4.46. The highest BCUT2D eigenvalue weighted by atomic mass is 32.3. The van der Waals surface area contributed by atoms with E-state index in [-0.39, 0.29) is 44.9 Å². The molecule has 2 aliphatic rings. The summed E-state index contributed by atoms with van der Waals surface area (Å²) in [7, 11) is -2.50. The first-order chi connectivity index (χ1) is 17.8. The number of amidine groups is 1. The molecule has 13 heteroatoms. The molecule has 0 fully saturated rings. The Morgan fingerprint density at radius 1 is 0.974 bits per heavy atom. The normalized spacial score (nSPS) is 16.3. The summed E-state index contributed by atoms with van der Waals surface area (Å²) in [4.78, 5) is 52.6. The second kappa shape index (κ2) is 8.72. The van der Waals surface area contributed by atoms with Crippen LogP contribution in [0.5, 0.6) is 0 Å². The highest BCUT2D eigenvalue weighted by Crippen LogP contribution is 2.54. The minimum Gasteiger partial charge on any atom is -0.272 e. The number of fused-ring (bicyclic) bond motifs is 1. The van der Waals surface area contributed by atoms with E-state index >= 15 is 4.39 Å². The zero-order valence-electron chi connectivity index (χ0n) is 20.2. The zero-order chi connectivity index (χ0) is 27.6. The molecule has 3 amide bonds. The molecule has 0 saturated heterocycles. The summed E-state index contributed by atoms with van der Waals surface area (Å²) in [5.41, 5.74) is -0.969. The van der Waals surface area contributed by atoms with Crippen molar-refractivity contribution < 1.29 is 31.9 Å². The lowest BCUT2D eigenvalue weighted by molar-refractivity contribution is -0.138. The molecule has 0 N–H and O–H groups in total. The number of benzene rings is 2. The van der Waals surface area contributed by atoms with Crippen molar-refractivity contribution in [2.45, 2.75) is 24.5 Å². The lowest BCUT2D eigenvalue weighted by atomic mass is 10.1. The van der Waals surface area contributed by atoms with E-state index in [1.54, 1.807) is 18.6 Å². The molecular weight excluding hydrogens is 526 g/mol. The summed E-state index contributed by atoms with van der Waals surface area (Å²) in [6.45, 7) is 1.19. The van der Waals surface area contributed by atoms with E-state index in [4.69, 9.17) is 0 Å². The molecule has 8 nitrogen and oxygen atoms in total. The Balaban J connectivity index is 1.58. The summed E-state index contributed by atoms with van der Waals surface area (Å²) in [5, 5.41) is -0.113. The summed E-state index contributed by atoms with van der Waals surface area (Å²) >= 11 is 0. The van der Waals surface area contributed by atoms with Crippen molar-refractivity contribution in [1.82, 2.24) is 9.97 Å². The molecule has 0 aliphatic carbocycles. The van der Waals surface area contributed by atoms with Crippen LogP contribution in [0.3, 0.4) is 0 Å². The van der Waals surface area contributed by atoms with Gasteiger partial charge in [0.25, 0.3) is 5.91 Å². The Labute approximate surface area is 215 Å². The second-order valence-electron chi connectivity index (χ2n) is 9.04. The topological polar surface area (TPSA) is 95.8 Å². The molecule has 2 aromatic carbocycles. The molecule has 3 heterocycles. The molecule has 0 bridgehead atoms. The van der Waals surface area contributed by atoms with Gasteiger partial charge in [-0.05, 0) is 60.2 Å². The van der Waals surface area contributed by atoms with Crippen molar-refractivity contribution in [1.29, 1.82) is 0 Å². The first-order valence-corrected chi connectivity index (χ1v) is 13.6. The van der Waals surface area contributed by atoms with E-state index in [1.807, 2.05) is 0 Å². The predicted molar refractivity (Wildman–Crippen MR) is 133 cm³/mol. The van der Waals surface area contributed by atoms with Crippen LogP contribution in [0.15, 0.2) is 58.7 Å². The Hall–Kier alpha value is -4.13. The fourth-order valence-corrected chi connectivity index (χ4v) is 6.32. The maximum Gasteiger partial charge on any atom is 0.416 e. The van der Waals surface area contributed by atoms with Crippen LogP contribution in [-0.4, -0.2) is 45.4 Å². The number of aliphatic imine (C=N–C) groups is 1. The van der Waals surface area contributed by atoms with Crippen LogP contribution < -0.4 is 9.80 Å². The summed E-state index contributed by atoms with van der Waals surface area (Å²) < 4.78 is 56.1. The molecule has 0 spiro atoms. The molecule has 0 radical (unpaired) electrons. The highest BCUT2D eigenvalue weighted by Gasteiger charge is 2.43. The fourth-order valence-electron chi connectivity index (χ4n) is 4.34. The van der Waals surface area contributed by atoms with Gasteiger partial charge in [0.1, 0.15) is 5.82 Å². The first kappa shape index (κ1) is 25.5. The Kier molecular flexibility index (Phi) is 5.86. The number of alkyl halides is 3. The van der Waals surface area contributed by atoms with Crippen LogP contribution in [0, 0.1) is 12.7 Å². The van der Waals surface area contributed by atoms with Gasteiger partial charge in [0, 0.05) is 18.0 Å². The molecule has 5 rings (SSSR count). The number of aryl methyl sites for hydroxylation is 1. The molecule has 0 saturated carbocycles. The minimum absolute atomic E-state index is 0.0139. The number of amides is 3. The Bertz CT molecular complexity index is 1560. The molecule has 196 valence electrons. The van der Waals surface area contributed by atoms with Crippen LogP contribution in [0.1, 0.15) is 27.0 Å². The quantitative estimate of drug-likeness (QED) is 0.358. The number of halogens is 4.